The molecule has 5 heteroatoms. The molecular formula is C12H17Cl3O2. The van der Waals surface area contributed by atoms with Crippen LogP contribution in [-0.4, -0.2) is 16.4 Å². The predicted octanol–water partition coefficient (Wildman–Crippen LogP) is 4.59. The number of hydrogen-bond donors (Lipinski definition) is 0. The van der Waals surface area contributed by atoms with Crippen LogP contribution in [0.2, 0.25) is 0 Å². The Labute approximate surface area is 118 Å². The van der Waals surface area contributed by atoms with Crippen molar-refractivity contribution in [2.45, 2.75) is 37.4 Å². The van der Waals surface area contributed by atoms with E-state index < -0.39 is 9.76 Å². The average Bonchev–Trinajstić information content (AvgIpc) is 2.15. The average molecular weight is 300 g/mol. The lowest BCUT2D eigenvalue weighted by molar-refractivity contribution is -0.141. The van der Waals surface area contributed by atoms with Crippen molar-refractivity contribution in [3.05, 3.63) is 23.3 Å². The summed E-state index contributed by atoms with van der Waals surface area (Å²) in [5, 5.41) is 0. The number of halogens is 3. The summed E-state index contributed by atoms with van der Waals surface area (Å²) < 4.78 is 2.78. The van der Waals surface area contributed by atoms with E-state index in [2.05, 4.69) is 19.9 Å². The first-order chi connectivity index (χ1) is 7.73. The van der Waals surface area contributed by atoms with E-state index in [-0.39, 0.29) is 6.61 Å². The van der Waals surface area contributed by atoms with Crippen LogP contribution in [0.25, 0.3) is 0 Å². The Hall–Kier alpha value is -0.180. The van der Waals surface area contributed by atoms with Crippen molar-refractivity contribution in [1.29, 1.82) is 0 Å². The highest BCUT2D eigenvalue weighted by Gasteiger charge is 2.32. The second kappa shape index (κ2) is 8.02. The van der Waals surface area contributed by atoms with Gasteiger partial charge in [-0.2, -0.15) is 0 Å². The standard InChI is InChI=1S/C12H17Cl3O2/c1-9(2)5-4-6-10(3)7-8-17-11(16)12(13,14)15/h5,7H,4,6,8H2,1-3H3. The van der Waals surface area contributed by atoms with Gasteiger partial charge in [0, 0.05) is 0 Å². The minimum Gasteiger partial charge on any atom is -0.458 e. The van der Waals surface area contributed by atoms with Gasteiger partial charge >= 0.3 is 5.97 Å². The fourth-order valence-electron chi connectivity index (χ4n) is 1.03. The highest BCUT2D eigenvalue weighted by atomic mass is 35.6. The maximum Gasteiger partial charge on any atom is 0.358 e. The monoisotopic (exact) mass is 298 g/mol. The lowest BCUT2D eigenvalue weighted by Gasteiger charge is -2.09. The van der Waals surface area contributed by atoms with Crippen molar-refractivity contribution >= 4 is 40.8 Å². The minimum absolute atomic E-state index is 0.132. The fourth-order valence-corrected chi connectivity index (χ4v) is 1.20. The summed E-state index contributed by atoms with van der Waals surface area (Å²) in [6, 6.07) is 0. The molecule has 2 nitrogen and oxygen atoms in total. The van der Waals surface area contributed by atoms with Crippen LogP contribution in [0.5, 0.6) is 0 Å². The Kier molecular flexibility index (Phi) is 7.93. The molecule has 0 heterocycles. The van der Waals surface area contributed by atoms with Gasteiger partial charge in [-0.05, 0) is 39.7 Å². The van der Waals surface area contributed by atoms with Crippen molar-refractivity contribution in [2.24, 2.45) is 0 Å². The zero-order valence-corrected chi connectivity index (χ0v) is 12.5. The largest absolute Gasteiger partial charge is 0.458 e. The van der Waals surface area contributed by atoms with Gasteiger partial charge in [0.05, 0.1) is 0 Å². The molecule has 98 valence electrons. The molecule has 0 atom stereocenters. The number of carbonyl (C=O) groups excluding carboxylic acids is 1. The van der Waals surface area contributed by atoms with E-state index in [9.17, 15) is 4.79 Å². The van der Waals surface area contributed by atoms with E-state index in [1.165, 1.54) is 5.57 Å². The van der Waals surface area contributed by atoms with Crippen molar-refractivity contribution < 1.29 is 9.53 Å². The normalized spacial score (nSPS) is 12.2. The van der Waals surface area contributed by atoms with Crippen LogP contribution >= 0.6 is 34.8 Å². The van der Waals surface area contributed by atoms with E-state index in [0.29, 0.717) is 0 Å². The van der Waals surface area contributed by atoms with Gasteiger partial charge < -0.3 is 4.74 Å². The van der Waals surface area contributed by atoms with Crippen molar-refractivity contribution in [3.63, 3.8) is 0 Å². The number of carbonyl (C=O) groups is 1. The van der Waals surface area contributed by atoms with Crippen LogP contribution in [0.1, 0.15) is 33.6 Å². The highest BCUT2D eigenvalue weighted by molar-refractivity contribution is 6.75. The topological polar surface area (TPSA) is 26.3 Å². The zero-order chi connectivity index (χ0) is 13.5. The molecule has 0 radical (unpaired) electrons. The van der Waals surface area contributed by atoms with Gasteiger partial charge in [-0.15, -0.1) is 0 Å². The van der Waals surface area contributed by atoms with Crippen LogP contribution in [-0.2, 0) is 9.53 Å². The van der Waals surface area contributed by atoms with Gasteiger partial charge in [-0.25, -0.2) is 4.79 Å². The van der Waals surface area contributed by atoms with Crippen LogP contribution < -0.4 is 0 Å². The second-order valence-corrected chi connectivity index (χ2v) is 6.25. The summed E-state index contributed by atoms with van der Waals surface area (Å²) in [5.74, 6) is -0.851. The van der Waals surface area contributed by atoms with Gasteiger partial charge in [-0.3, -0.25) is 0 Å². The molecule has 0 unspecified atom stereocenters. The molecule has 0 aromatic carbocycles. The number of esters is 1. The first-order valence-corrected chi connectivity index (χ1v) is 6.40. The van der Waals surface area contributed by atoms with Gasteiger partial charge in [0.2, 0.25) is 0 Å². The third kappa shape index (κ3) is 9.51. The molecule has 0 saturated heterocycles. The Bertz CT molecular complexity index is 310. The van der Waals surface area contributed by atoms with Gasteiger partial charge in [0.1, 0.15) is 6.61 Å². The van der Waals surface area contributed by atoms with E-state index in [1.807, 2.05) is 13.0 Å². The maximum absolute atomic E-state index is 11.1. The highest BCUT2D eigenvalue weighted by Crippen LogP contribution is 2.27. The zero-order valence-electron chi connectivity index (χ0n) is 10.2. The van der Waals surface area contributed by atoms with Gasteiger partial charge in [0.15, 0.2) is 0 Å². The van der Waals surface area contributed by atoms with Crippen LogP contribution in [0.3, 0.4) is 0 Å². The Morgan fingerprint density at radius 2 is 1.76 bits per heavy atom. The molecule has 0 amide bonds. The van der Waals surface area contributed by atoms with E-state index in [1.54, 1.807) is 0 Å². The smallest absolute Gasteiger partial charge is 0.358 e. The van der Waals surface area contributed by atoms with E-state index in [0.717, 1.165) is 18.4 Å². The molecule has 0 bridgehead atoms. The SMILES string of the molecule is CC(C)=CCCC(C)=CCOC(=O)C(Cl)(Cl)Cl. The molecule has 0 rings (SSSR count). The summed E-state index contributed by atoms with van der Waals surface area (Å²) in [4.78, 5) is 11.1. The molecule has 0 spiro atoms. The molecular weight excluding hydrogens is 282 g/mol. The first-order valence-electron chi connectivity index (χ1n) is 5.26. The van der Waals surface area contributed by atoms with E-state index >= 15 is 0 Å². The van der Waals surface area contributed by atoms with Crippen LogP contribution in [0.15, 0.2) is 23.3 Å². The number of allylic oxidation sites excluding steroid dienone is 3. The molecule has 0 aliphatic rings. The summed E-state index contributed by atoms with van der Waals surface area (Å²) in [6.07, 6.45) is 5.87. The van der Waals surface area contributed by atoms with Crippen LogP contribution in [0, 0.1) is 0 Å². The predicted molar refractivity (Wildman–Crippen MR) is 73.7 cm³/mol. The Morgan fingerprint density at radius 1 is 1.18 bits per heavy atom. The molecule has 0 N–H and O–H groups in total. The molecule has 0 saturated carbocycles. The third-order valence-electron chi connectivity index (χ3n) is 1.97. The summed E-state index contributed by atoms with van der Waals surface area (Å²) >= 11 is 16.0. The number of rotatable bonds is 5. The fraction of sp³-hybridized carbons (Fsp3) is 0.583. The lowest BCUT2D eigenvalue weighted by Crippen LogP contribution is -2.21. The lowest BCUT2D eigenvalue weighted by atomic mass is 10.1. The summed E-state index contributed by atoms with van der Waals surface area (Å²) in [6.45, 7) is 6.22. The maximum atomic E-state index is 11.1. The number of hydrogen-bond acceptors (Lipinski definition) is 2. The molecule has 17 heavy (non-hydrogen) atoms. The van der Waals surface area contributed by atoms with Gasteiger partial charge in [0.25, 0.3) is 3.79 Å². The van der Waals surface area contributed by atoms with Crippen LogP contribution in [0.4, 0.5) is 0 Å². The molecule has 0 aromatic heterocycles. The van der Waals surface area contributed by atoms with Gasteiger partial charge in [-0.1, -0.05) is 52.0 Å². The second-order valence-electron chi connectivity index (χ2n) is 3.97. The number of ether oxygens (including phenoxy) is 1. The van der Waals surface area contributed by atoms with Crippen molar-refractivity contribution in [2.75, 3.05) is 6.61 Å². The van der Waals surface area contributed by atoms with Crippen molar-refractivity contribution in [1.82, 2.24) is 0 Å². The molecule has 0 fully saturated rings. The van der Waals surface area contributed by atoms with Crippen molar-refractivity contribution in [3.8, 4) is 0 Å². The Balaban J connectivity index is 3.93. The molecule has 0 aliphatic heterocycles. The minimum atomic E-state index is -2.00. The number of alkyl halides is 3. The quantitative estimate of drug-likeness (QED) is 0.421. The third-order valence-corrected chi connectivity index (χ3v) is 2.43. The molecule has 0 aromatic rings. The Morgan fingerprint density at radius 3 is 2.24 bits per heavy atom. The summed E-state index contributed by atoms with van der Waals surface area (Å²) in [5.41, 5.74) is 2.43. The molecule has 0 aliphatic carbocycles. The first kappa shape index (κ1) is 16.8. The summed E-state index contributed by atoms with van der Waals surface area (Å²) in [7, 11) is 0. The van der Waals surface area contributed by atoms with E-state index in [4.69, 9.17) is 39.5 Å².